The standard InChI is InChI=1S/C11H11BrN2/c1-2-8-7-11(14-13-8)9-5-3-4-6-10(9)12/h3-7H,2H2,1H3,(H,13,14). The number of aromatic nitrogens is 2. The van der Waals surface area contributed by atoms with Crippen molar-refractivity contribution < 1.29 is 0 Å². The Hall–Kier alpha value is -1.09. The second kappa shape index (κ2) is 3.96. The van der Waals surface area contributed by atoms with Crippen molar-refractivity contribution in [1.82, 2.24) is 10.2 Å². The van der Waals surface area contributed by atoms with Crippen molar-refractivity contribution in [3.63, 3.8) is 0 Å². The third kappa shape index (κ3) is 1.73. The first kappa shape index (κ1) is 9.46. The molecule has 2 rings (SSSR count). The second-order valence-electron chi connectivity index (χ2n) is 3.11. The number of rotatable bonds is 2. The fraction of sp³-hybridized carbons (Fsp3) is 0.182. The van der Waals surface area contributed by atoms with Crippen molar-refractivity contribution >= 4 is 15.9 Å². The topological polar surface area (TPSA) is 28.7 Å². The van der Waals surface area contributed by atoms with Crippen molar-refractivity contribution in [3.8, 4) is 11.3 Å². The molecule has 0 aliphatic rings. The minimum absolute atomic E-state index is 0.984. The van der Waals surface area contributed by atoms with Crippen LogP contribution in [0.15, 0.2) is 34.8 Å². The first-order valence-corrected chi connectivity index (χ1v) is 5.39. The van der Waals surface area contributed by atoms with E-state index >= 15 is 0 Å². The molecule has 2 aromatic rings. The van der Waals surface area contributed by atoms with Crippen LogP contribution in [-0.2, 0) is 6.42 Å². The van der Waals surface area contributed by atoms with Crippen molar-refractivity contribution in [2.75, 3.05) is 0 Å². The number of nitrogens with zero attached hydrogens (tertiary/aromatic N) is 1. The van der Waals surface area contributed by atoms with Crippen LogP contribution in [0.1, 0.15) is 12.6 Å². The molecule has 1 heterocycles. The third-order valence-electron chi connectivity index (χ3n) is 2.16. The highest BCUT2D eigenvalue weighted by Gasteiger charge is 2.05. The van der Waals surface area contributed by atoms with E-state index in [2.05, 4.69) is 45.2 Å². The Morgan fingerprint density at radius 2 is 2.14 bits per heavy atom. The van der Waals surface area contributed by atoms with E-state index in [0.29, 0.717) is 0 Å². The Morgan fingerprint density at radius 1 is 1.36 bits per heavy atom. The van der Waals surface area contributed by atoms with Gasteiger partial charge in [0.15, 0.2) is 0 Å². The fourth-order valence-electron chi connectivity index (χ4n) is 1.35. The zero-order valence-corrected chi connectivity index (χ0v) is 9.51. The average Bonchev–Trinajstić information content (AvgIpc) is 2.67. The molecule has 0 amide bonds. The Labute approximate surface area is 91.5 Å². The van der Waals surface area contributed by atoms with Crippen LogP contribution in [0.25, 0.3) is 11.3 Å². The van der Waals surface area contributed by atoms with Gasteiger partial charge in [-0.25, -0.2) is 0 Å². The van der Waals surface area contributed by atoms with Crippen molar-refractivity contribution in [3.05, 3.63) is 40.5 Å². The van der Waals surface area contributed by atoms with Crippen LogP contribution in [-0.4, -0.2) is 10.2 Å². The van der Waals surface area contributed by atoms with Gasteiger partial charge in [-0.05, 0) is 18.6 Å². The number of aromatic amines is 1. The molecule has 14 heavy (non-hydrogen) atoms. The number of H-pyrrole nitrogens is 1. The zero-order chi connectivity index (χ0) is 9.97. The summed E-state index contributed by atoms with van der Waals surface area (Å²) in [6.07, 6.45) is 0.984. The Kier molecular flexibility index (Phi) is 2.68. The van der Waals surface area contributed by atoms with E-state index in [1.54, 1.807) is 0 Å². The van der Waals surface area contributed by atoms with Gasteiger partial charge in [0.25, 0.3) is 0 Å². The maximum atomic E-state index is 4.26. The maximum Gasteiger partial charge on any atom is 0.0934 e. The number of nitrogens with one attached hydrogen (secondary N) is 1. The molecule has 0 saturated heterocycles. The minimum Gasteiger partial charge on any atom is -0.282 e. The lowest BCUT2D eigenvalue weighted by Crippen LogP contribution is -1.78. The molecule has 0 bridgehead atoms. The number of halogens is 1. The zero-order valence-electron chi connectivity index (χ0n) is 7.92. The predicted octanol–water partition coefficient (Wildman–Crippen LogP) is 3.40. The quantitative estimate of drug-likeness (QED) is 0.870. The summed E-state index contributed by atoms with van der Waals surface area (Å²) >= 11 is 3.51. The summed E-state index contributed by atoms with van der Waals surface area (Å²) in [6, 6.07) is 10.2. The normalized spacial score (nSPS) is 10.4. The molecule has 1 aromatic carbocycles. The highest BCUT2D eigenvalue weighted by atomic mass is 79.9. The van der Waals surface area contributed by atoms with Crippen molar-refractivity contribution in [2.24, 2.45) is 0 Å². The largest absolute Gasteiger partial charge is 0.282 e. The summed E-state index contributed by atoms with van der Waals surface area (Å²) in [5.41, 5.74) is 3.29. The van der Waals surface area contributed by atoms with Crippen LogP contribution in [0.2, 0.25) is 0 Å². The van der Waals surface area contributed by atoms with E-state index in [4.69, 9.17) is 0 Å². The highest BCUT2D eigenvalue weighted by Crippen LogP contribution is 2.26. The van der Waals surface area contributed by atoms with Gasteiger partial charge in [-0.3, -0.25) is 5.10 Å². The SMILES string of the molecule is CCc1cc(-c2ccccc2Br)n[nH]1. The molecule has 2 nitrogen and oxygen atoms in total. The van der Waals surface area contributed by atoms with E-state index in [-0.39, 0.29) is 0 Å². The number of benzene rings is 1. The first-order chi connectivity index (χ1) is 6.81. The summed E-state index contributed by atoms with van der Waals surface area (Å²) in [7, 11) is 0. The minimum atomic E-state index is 0.984. The molecule has 1 aromatic heterocycles. The molecular formula is C11H11BrN2. The maximum absolute atomic E-state index is 4.26. The van der Waals surface area contributed by atoms with Crippen LogP contribution in [0.3, 0.4) is 0 Å². The van der Waals surface area contributed by atoms with Crippen LogP contribution < -0.4 is 0 Å². The van der Waals surface area contributed by atoms with Crippen LogP contribution in [0.5, 0.6) is 0 Å². The van der Waals surface area contributed by atoms with E-state index in [1.807, 2.05) is 18.2 Å². The van der Waals surface area contributed by atoms with Crippen molar-refractivity contribution in [1.29, 1.82) is 0 Å². The fourth-order valence-corrected chi connectivity index (χ4v) is 1.84. The van der Waals surface area contributed by atoms with Gasteiger partial charge in [0, 0.05) is 15.7 Å². The molecule has 1 N–H and O–H groups in total. The van der Waals surface area contributed by atoms with Gasteiger partial charge in [-0.2, -0.15) is 5.10 Å². The molecule has 72 valence electrons. The number of aryl methyl sites for hydroxylation is 1. The lowest BCUT2D eigenvalue weighted by molar-refractivity contribution is 0.976. The molecule has 0 aliphatic heterocycles. The number of hydrogen-bond acceptors (Lipinski definition) is 1. The van der Waals surface area contributed by atoms with Crippen LogP contribution >= 0.6 is 15.9 Å². The van der Waals surface area contributed by atoms with Gasteiger partial charge in [0.1, 0.15) is 0 Å². The molecule has 3 heteroatoms. The van der Waals surface area contributed by atoms with Crippen LogP contribution in [0.4, 0.5) is 0 Å². The molecule has 0 aliphatic carbocycles. The average molecular weight is 251 g/mol. The van der Waals surface area contributed by atoms with Gasteiger partial charge < -0.3 is 0 Å². The van der Waals surface area contributed by atoms with Gasteiger partial charge in [0.05, 0.1) is 5.69 Å². The Balaban J connectivity index is 2.44. The summed E-state index contributed by atoms with van der Waals surface area (Å²) in [4.78, 5) is 0. The molecule has 0 unspecified atom stereocenters. The molecule has 0 radical (unpaired) electrons. The van der Waals surface area contributed by atoms with Gasteiger partial charge in [0.2, 0.25) is 0 Å². The Morgan fingerprint density at radius 3 is 2.79 bits per heavy atom. The summed E-state index contributed by atoms with van der Waals surface area (Å²) in [6.45, 7) is 2.11. The monoisotopic (exact) mass is 250 g/mol. The predicted molar refractivity (Wildman–Crippen MR) is 61.1 cm³/mol. The molecule has 0 fully saturated rings. The molecule has 0 saturated carbocycles. The lowest BCUT2D eigenvalue weighted by atomic mass is 10.1. The third-order valence-corrected chi connectivity index (χ3v) is 2.85. The molecule has 0 spiro atoms. The van der Waals surface area contributed by atoms with Gasteiger partial charge >= 0.3 is 0 Å². The lowest BCUT2D eigenvalue weighted by Gasteiger charge is -1.98. The molecular weight excluding hydrogens is 240 g/mol. The van der Waals surface area contributed by atoms with Crippen molar-refractivity contribution in [2.45, 2.75) is 13.3 Å². The van der Waals surface area contributed by atoms with Gasteiger partial charge in [-0.15, -0.1) is 0 Å². The van der Waals surface area contributed by atoms with Gasteiger partial charge in [-0.1, -0.05) is 41.1 Å². The van der Waals surface area contributed by atoms with E-state index in [9.17, 15) is 0 Å². The van der Waals surface area contributed by atoms with E-state index < -0.39 is 0 Å². The Bertz CT molecular complexity index is 434. The first-order valence-electron chi connectivity index (χ1n) is 4.60. The number of hydrogen-bond donors (Lipinski definition) is 1. The summed E-state index contributed by atoms with van der Waals surface area (Å²) < 4.78 is 1.08. The smallest absolute Gasteiger partial charge is 0.0934 e. The van der Waals surface area contributed by atoms with Crippen LogP contribution in [0, 0.1) is 0 Å². The highest BCUT2D eigenvalue weighted by molar-refractivity contribution is 9.10. The summed E-state index contributed by atoms with van der Waals surface area (Å²) in [5.74, 6) is 0. The summed E-state index contributed by atoms with van der Waals surface area (Å²) in [5, 5.41) is 7.27. The second-order valence-corrected chi connectivity index (χ2v) is 3.97. The van der Waals surface area contributed by atoms with E-state index in [0.717, 1.165) is 27.8 Å². The van der Waals surface area contributed by atoms with E-state index in [1.165, 1.54) is 0 Å². The molecule has 0 atom stereocenters.